The molecule has 1 N–H and O–H groups in total. The van der Waals surface area contributed by atoms with Crippen molar-refractivity contribution >= 4 is 27.5 Å². The first-order chi connectivity index (χ1) is 12.9. The monoisotopic (exact) mass is 382 g/mol. The number of carbonyl (C=O) groups is 1. The quantitative estimate of drug-likeness (QED) is 0.876. The van der Waals surface area contributed by atoms with Gasteiger partial charge in [0.1, 0.15) is 5.84 Å². The summed E-state index contributed by atoms with van der Waals surface area (Å²) >= 11 is 0. The van der Waals surface area contributed by atoms with Crippen molar-refractivity contribution in [1.82, 2.24) is 4.90 Å². The van der Waals surface area contributed by atoms with Gasteiger partial charge in [0, 0.05) is 31.3 Å². The van der Waals surface area contributed by atoms with Crippen LogP contribution >= 0.6 is 0 Å². The van der Waals surface area contributed by atoms with Gasteiger partial charge in [0.15, 0.2) is 0 Å². The normalized spacial score (nSPS) is 15.6. The lowest BCUT2D eigenvalue weighted by atomic mass is 10.1. The van der Waals surface area contributed by atoms with E-state index >= 15 is 0 Å². The molecular weight excluding hydrogens is 364 g/mol. The standard InChI is InChI=1S/C19H18N4O3S/c1-23-10-4-9-18(23)22-27(25,26)17-8-3-7-16(12-17)21-19(24)15-6-2-5-14(11-15)13-20/h2-3,5-8,11-12H,4,9-10H2,1H3,(H,21,24)/b22-18+. The number of hydrogen-bond donors (Lipinski definition) is 1. The van der Waals surface area contributed by atoms with Crippen molar-refractivity contribution in [3.63, 3.8) is 0 Å². The molecule has 0 atom stereocenters. The number of nitrogens with one attached hydrogen (secondary N) is 1. The molecule has 0 unspecified atom stereocenters. The Morgan fingerprint density at radius 2 is 2.00 bits per heavy atom. The lowest BCUT2D eigenvalue weighted by Gasteiger charge is -2.11. The lowest BCUT2D eigenvalue weighted by Crippen LogP contribution is -2.20. The predicted octanol–water partition coefficient (Wildman–Crippen LogP) is 2.62. The smallest absolute Gasteiger partial charge is 0.284 e. The molecule has 0 bridgehead atoms. The van der Waals surface area contributed by atoms with E-state index in [1.54, 1.807) is 30.3 Å². The Morgan fingerprint density at radius 1 is 1.22 bits per heavy atom. The zero-order chi connectivity index (χ0) is 19.4. The van der Waals surface area contributed by atoms with Gasteiger partial charge >= 0.3 is 0 Å². The van der Waals surface area contributed by atoms with Gasteiger partial charge in [-0.1, -0.05) is 12.1 Å². The van der Waals surface area contributed by atoms with E-state index in [0.29, 0.717) is 29.1 Å². The fourth-order valence-corrected chi connectivity index (χ4v) is 3.91. The van der Waals surface area contributed by atoms with Crippen LogP contribution in [0.3, 0.4) is 0 Å². The molecule has 0 spiro atoms. The van der Waals surface area contributed by atoms with E-state index in [0.717, 1.165) is 13.0 Å². The Hall–Kier alpha value is -3.18. The molecule has 1 aliphatic heterocycles. The highest BCUT2D eigenvalue weighted by atomic mass is 32.2. The second-order valence-corrected chi connectivity index (χ2v) is 7.79. The molecule has 1 amide bonds. The van der Waals surface area contributed by atoms with Crippen molar-refractivity contribution in [2.75, 3.05) is 18.9 Å². The van der Waals surface area contributed by atoms with E-state index in [-0.39, 0.29) is 4.90 Å². The summed E-state index contributed by atoms with van der Waals surface area (Å²) < 4.78 is 29.1. The largest absolute Gasteiger partial charge is 0.362 e. The van der Waals surface area contributed by atoms with Crippen LogP contribution in [0.15, 0.2) is 57.8 Å². The Bertz CT molecular complexity index is 1050. The highest BCUT2D eigenvalue weighted by Crippen LogP contribution is 2.20. The summed E-state index contributed by atoms with van der Waals surface area (Å²) in [5.41, 5.74) is 1.02. The van der Waals surface area contributed by atoms with Crippen LogP contribution in [0.25, 0.3) is 0 Å². The van der Waals surface area contributed by atoms with Crippen LogP contribution in [-0.2, 0) is 10.0 Å². The summed E-state index contributed by atoms with van der Waals surface area (Å²) in [5, 5.41) is 11.6. The number of carbonyl (C=O) groups excluding carboxylic acids is 1. The molecule has 138 valence electrons. The molecule has 0 saturated carbocycles. The summed E-state index contributed by atoms with van der Waals surface area (Å²) in [7, 11) is -2.05. The first-order valence-electron chi connectivity index (χ1n) is 8.35. The van der Waals surface area contributed by atoms with Gasteiger partial charge in [-0.2, -0.15) is 13.7 Å². The highest BCUT2D eigenvalue weighted by Gasteiger charge is 2.20. The lowest BCUT2D eigenvalue weighted by molar-refractivity contribution is 0.102. The summed E-state index contributed by atoms with van der Waals surface area (Å²) in [6.45, 7) is 0.784. The molecular formula is C19H18N4O3S. The zero-order valence-electron chi connectivity index (χ0n) is 14.7. The maximum atomic E-state index is 12.6. The highest BCUT2D eigenvalue weighted by molar-refractivity contribution is 7.90. The molecule has 2 aromatic carbocycles. The van der Waals surface area contributed by atoms with Crippen molar-refractivity contribution in [1.29, 1.82) is 5.26 Å². The minimum atomic E-state index is -3.86. The Labute approximate surface area is 158 Å². The number of nitrogens with zero attached hydrogens (tertiary/aromatic N) is 3. The first kappa shape index (κ1) is 18.6. The molecule has 1 fully saturated rings. The molecule has 1 saturated heterocycles. The molecule has 1 aliphatic rings. The van der Waals surface area contributed by atoms with E-state index in [4.69, 9.17) is 5.26 Å². The third-order valence-electron chi connectivity index (χ3n) is 4.20. The van der Waals surface area contributed by atoms with Gasteiger partial charge in [-0.3, -0.25) is 4.79 Å². The summed E-state index contributed by atoms with van der Waals surface area (Å²) in [5.74, 6) is 0.112. The van der Waals surface area contributed by atoms with Crippen molar-refractivity contribution < 1.29 is 13.2 Å². The maximum Gasteiger partial charge on any atom is 0.284 e. The number of benzene rings is 2. The fourth-order valence-electron chi connectivity index (χ4n) is 2.77. The minimum Gasteiger partial charge on any atom is -0.362 e. The number of likely N-dealkylation sites (tertiary alicyclic amines) is 1. The molecule has 3 rings (SSSR count). The number of anilines is 1. The third-order valence-corrected chi connectivity index (χ3v) is 5.50. The number of nitriles is 1. The second kappa shape index (κ2) is 7.60. The molecule has 1 heterocycles. The number of rotatable bonds is 4. The van der Waals surface area contributed by atoms with E-state index < -0.39 is 15.9 Å². The van der Waals surface area contributed by atoms with Crippen LogP contribution < -0.4 is 5.32 Å². The summed E-state index contributed by atoms with van der Waals surface area (Å²) in [6, 6.07) is 14.2. The number of hydrogen-bond acceptors (Lipinski definition) is 4. The molecule has 8 heteroatoms. The number of sulfonamides is 1. The average Bonchev–Trinajstić information content (AvgIpc) is 3.06. The van der Waals surface area contributed by atoms with Crippen LogP contribution in [0.4, 0.5) is 5.69 Å². The third kappa shape index (κ3) is 4.33. The number of amidine groups is 1. The second-order valence-electron chi connectivity index (χ2n) is 6.18. The van der Waals surface area contributed by atoms with Crippen LogP contribution in [0, 0.1) is 11.3 Å². The molecule has 0 radical (unpaired) electrons. The molecule has 27 heavy (non-hydrogen) atoms. The van der Waals surface area contributed by atoms with E-state index in [9.17, 15) is 13.2 Å². The molecule has 2 aromatic rings. The topological polar surface area (TPSA) is 103 Å². The Balaban J connectivity index is 1.83. The van der Waals surface area contributed by atoms with Gasteiger partial charge in [-0.05, 0) is 42.8 Å². The van der Waals surface area contributed by atoms with Gasteiger partial charge in [0.25, 0.3) is 15.9 Å². The molecule has 0 aliphatic carbocycles. The van der Waals surface area contributed by atoms with Crippen molar-refractivity contribution in [2.45, 2.75) is 17.7 Å². The number of amides is 1. The fraction of sp³-hybridized carbons (Fsp3) is 0.211. The predicted molar refractivity (Wildman–Crippen MR) is 102 cm³/mol. The van der Waals surface area contributed by atoms with Gasteiger partial charge in [0.05, 0.1) is 16.5 Å². The van der Waals surface area contributed by atoms with Gasteiger partial charge in [-0.25, -0.2) is 0 Å². The Kier molecular flexibility index (Phi) is 5.23. The van der Waals surface area contributed by atoms with Crippen LogP contribution in [0.1, 0.15) is 28.8 Å². The van der Waals surface area contributed by atoms with Crippen LogP contribution in [0.5, 0.6) is 0 Å². The van der Waals surface area contributed by atoms with Crippen LogP contribution in [-0.4, -0.2) is 38.7 Å². The van der Waals surface area contributed by atoms with E-state index in [1.807, 2.05) is 18.0 Å². The zero-order valence-corrected chi connectivity index (χ0v) is 15.5. The van der Waals surface area contributed by atoms with E-state index in [1.165, 1.54) is 18.2 Å². The molecule has 0 aromatic heterocycles. The van der Waals surface area contributed by atoms with E-state index in [2.05, 4.69) is 9.71 Å². The Morgan fingerprint density at radius 3 is 2.70 bits per heavy atom. The maximum absolute atomic E-state index is 12.6. The van der Waals surface area contributed by atoms with Crippen molar-refractivity contribution in [2.24, 2.45) is 4.40 Å². The average molecular weight is 382 g/mol. The summed E-state index contributed by atoms with van der Waals surface area (Å²) in [4.78, 5) is 14.2. The molecule has 7 nitrogen and oxygen atoms in total. The van der Waals surface area contributed by atoms with Crippen molar-refractivity contribution in [3.8, 4) is 6.07 Å². The SMILES string of the molecule is CN1CCC/C1=N\S(=O)(=O)c1cccc(NC(=O)c2cccc(C#N)c2)c1. The van der Waals surface area contributed by atoms with Crippen LogP contribution in [0.2, 0.25) is 0 Å². The summed E-state index contributed by atoms with van der Waals surface area (Å²) in [6.07, 6.45) is 1.50. The van der Waals surface area contributed by atoms with Gasteiger partial charge in [0.2, 0.25) is 0 Å². The van der Waals surface area contributed by atoms with Gasteiger partial charge in [-0.15, -0.1) is 4.40 Å². The van der Waals surface area contributed by atoms with Gasteiger partial charge < -0.3 is 10.2 Å². The first-order valence-corrected chi connectivity index (χ1v) is 9.79. The van der Waals surface area contributed by atoms with Crippen molar-refractivity contribution in [3.05, 3.63) is 59.7 Å². The minimum absolute atomic E-state index is 0.0128.